The maximum Gasteiger partial charge on any atom is 1.00 e. The first-order valence-corrected chi connectivity index (χ1v) is 32.6. The van der Waals surface area contributed by atoms with E-state index < -0.39 is 65.2 Å². The number of hydrogen-bond acceptors (Lipinski definition) is 16. The fourth-order valence-electron chi connectivity index (χ4n) is 11.5. The summed E-state index contributed by atoms with van der Waals surface area (Å²) in [5.41, 5.74) is 7.62. The first-order valence-electron chi connectivity index (χ1n) is 27.3. The van der Waals surface area contributed by atoms with E-state index in [-0.39, 0.29) is 111 Å². The number of carbonyl (C=O) groups excluding carboxylic acids is 6. The van der Waals surface area contributed by atoms with Gasteiger partial charge in [-0.1, -0.05) is 58.0 Å². The summed E-state index contributed by atoms with van der Waals surface area (Å²) in [5.74, 6) is -1.68. The number of nitrogens with one attached hydrogen (secondary N) is 2. The van der Waals surface area contributed by atoms with E-state index in [0.717, 1.165) is 52.3 Å². The second-order valence-corrected chi connectivity index (χ2v) is 28.3. The first-order chi connectivity index (χ1) is 40.0. The quantitative estimate of drug-likeness (QED) is 0.0287. The number of aryl methyl sites for hydroxylation is 2. The minimum Gasteiger partial charge on any atom is -0.748 e. The van der Waals surface area contributed by atoms with Crippen LogP contribution in [-0.2, 0) is 78.3 Å². The number of benzene rings is 5. The van der Waals surface area contributed by atoms with E-state index in [9.17, 15) is 54.7 Å². The van der Waals surface area contributed by atoms with Crippen LogP contribution in [0.1, 0.15) is 99.2 Å². The SMILES string of the molecule is COc1cc2c(cc1OCc1cc(COc3cc4c(cc3C)C(=O)N3c5ccccc5C[C@H]3C(S(=O)(=O)[O-])C4)cc(NC(=O)CCC(C)(C)SSCCC(C(=O)NCCN3C(=O)C=CC3=O)S(=O)(=O)O)c1)CC[C@@H]1Cc3ccccc3N1C2=O.[Na+]. The number of nitrogens with zero attached hydrogens (tertiary/aromatic N) is 3. The minimum atomic E-state index is -4.88. The zero-order valence-corrected chi connectivity index (χ0v) is 52.7. The molecule has 5 aliphatic rings. The van der Waals surface area contributed by atoms with Gasteiger partial charge in [-0.2, -0.15) is 8.42 Å². The molecular formula is C60H62N5NaO15S4. The van der Waals surface area contributed by atoms with Gasteiger partial charge in [-0.05, 0) is 159 Å². The Labute approximate surface area is 523 Å². The molecule has 0 spiro atoms. The van der Waals surface area contributed by atoms with Crippen molar-refractivity contribution in [2.24, 2.45) is 0 Å². The maximum atomic E-state index is 14.3. The standard InChI is InChI=1S/C60H63N5O15S4.Na/c1-35-23-44-41(31-53(84(75,76)77)48-28-40-10-6-8-12-47(40)65(48)59(44)71)30-49(35)79-33-36-24-37(34-80-51-29-38-13-14-43-27-39-9-5-7-11-46(39)64(43)58(70)45(38)32-50(51)78-4)26-42(25-36)62-54(66)17-19-60(2,3)82-81-22-18-52(83(72,73)74)57(69)61-20-21-63-55(67)15-16-56(63)68;/h5-12,15-16,23-26,29-30,32,43,48,52-53H,13-14,17-22,27-28,31,33-34H2,1-4H3,(H,61,69)(H,62,66)(H,72,73,74)(H,75,76,77);/q;+1/p-1/t43-,48+,52?,53?;/m1./s1. The van der Waals surface area contributed by atoms with Crippen molar-refractivity contribution in [1.29, 1.82) is 0 Å². The summed E-state index contributed by atoms with van der Waals surface area (Å²) < 4.78 is 91.4. The van der Waals surface area contributed by atoms with Gasteiger partial charge in [0.2, 0.25) is 11.8 Å². The Balaban J connectivity index is 0.00000865. The Morgan fingerprint density at radius 2 is 1.39 bits per heavy atom. The molecule has 6 amide bonds. The summed E-state index contributed by atoms with van der Waals surface area (Å²) in [6, 6.07) is 26.4. The molecule has 5 aromatic rings. The third kappa shape index (κ3) is 14.1. The van der Waals surface area contributed by atoms with Gasteiger partial charge in [-0.15, -0.1) is 0 Å². The van der Waals surface area contributed by atoms with Crippen LogP contribution in [0.5, 0.6) is 17.2 Å². The van der Waals surface area contributed by atoms with Crippen molar-refractivity contribution in [2.45, 2.75) is 113 Å². The van der Waals surface area contributed by atoms with E-state index >= 15 is 0 Å². The zero-order valence-electron chi connectivity index (χ0n) is 47.5. The van der Waals surface area contributed by atoms with Gasteiger partial charge >= 0.3 is 29.6 Å². The Morgan fingerprint density at radius 1 is 0.776 bits per heavy atom. The van der Waals surface area contributed by atoms with Crippen molar-refractivity contribution in [3.05, 3.63) is 153 Å². The molecule has 5 heterocycles. The van der Waals surface area contributed by atoms with Crippen LogP contribution in [-0.4, -0.2) is 120 Å². The van der Waals surface area contributed by atoms with E-state index in [1.807, 2.05) is 61.2 Å². The molecular weight excluding hydrogens is 1180 g/mol. The normalized spacial score (nSPS) is 18.2. The smallest absolute Gasteiger partial charge is 0.748 e. The zero-order chi connectivity index (χ0) is 59.8. The van der Waals surface area contributed by atoms with Gasteiger partial charge in [0.05, 0.1) is 28.5 Å². The van der Waals surface area contributed by atoms with Gasteiger partial charge in [0.15, 0.2) is 16.7 Å². The molecule has 0 aromatic heterocycles. The monoisotopic (exact) mass is 1240 g/mol. The van der Waals surface area contributed by atoms with E-state index in [2.05, 4.69) is 16.7 Å². The van der Waals surface area contributed by atoms with Crippen molar-refractivity contribution in [3.8, 4) is 17.2 Å². The number of hydrogen-bond donors (Lipinski definition) is 3. The van der Waals surface area contributed by atoms with Crippen molar-refractivity contribution >= 4 is 94.3 Å². The summed E-state index contributed by atoms with van der Waals surface area (Å²) in [6.45, 7) is 5.14. The number of ether oxygens (including phenoxy) is 3. The molecule has 3 N–H and O–H groups in total. The van der Waals surface area contributed by atoms with Crippen LogP contribution in [0, 0.1) is 6.92 Å². The van der Waals surface area contributed by atoms with Crippen LogP contribution in [0.3, 0.4) is 0 Å². The fraction of sp³-hybridized carbons (Fsp3) is 0.367. The van der Waals surface area contributed by atoms with Crippen LogP contribution >= 0.6 is 21.6 Å². The molecule has 0 fully saturated rings. The van der Waals surface area contributed by atoms with Crippen molar-refractivity contribution in [3.63, 3.8) is 0 Å². The number of anilines is 3. The largest absolute Gasteiger partial charge is 1.00 e. The molecule has 0 saturated heterocycles. The van der Waals surface area contributed by atoms with Crippen LogP contribution in [0.25, 0.3) is 0 Å². The number of imide groups is 1. The summed E-state index contributed by atoms with van der Waals surface area (Å²) in [6.07, 6.45) is 4.52. The maximum absolute atomic E-state index is 14.3. The Kier molecular flexibility index (Phi) is 19.4. The summed E-state index contributed by atoms with van der Waals surface area (Å²) in [7, 11) is -5.55. The summed E-state index contributed by atoms with van der Waals surface area (Å²) >= 11 is 0. The molecule has 2 unspecified atom stereocenters. The number of para-hydroxylation sites is 2. The van der Waals surface area contributed by atoms with Crippen molar-refractivity contribution in [2.75, 3.05) is 41.1 Å². The molecule has 4 atom stereocenters. The summed E-state index contributed by atoms with van der Waals surface area (Å²) in [5, 5.41) is 2.17. The minimum absolute atomic E-state index is 0. The third-order valence-corrected chi connectivity index (χ3v) is 21.5. The van der Waals surface area contributed by atoms with E-state index in [0.29, 0.717) is 69.3 Å². The van der Waals surface area contributed by atoms with Crippen LogP contribution in [0.2, 0.25) is 0 Å². The first kappa shape index (κ1) is 63.3. The molecule has 20 nitrogen and oxygen atoms in total. The van der Waals surface area contributed by atoms with Gasteiger partial charge in [-0.3, -0.25) is 38.2 Å². The fourth-order valence-corrected chi connectivity index (χ4v) is 16.1. The Morgan fingerprint density at radius 3 is 2.05 bits per heavy atom. The molecule has 25 heteroatoms. The predicted octanol–water partition coefficient (Wildman–Crippen LogP) is 4.29. The van der Waals surface area contributed by atoms with Gasteiger partial charge in [0, 0.05) is 76.4 Å². The van der Waals surface area contributed by atoms with Gasteiger partial charge in [0.25, 0.3) is 33.7 Å². The van der Waals surface area contributed by atoms with Gasteiger partial charge < -0.3 is 39.2 Å². The molecule has 85 heavy (non-hydrogen) atoms. The van der Waals surface area contributed by atoms with E-state index in [1.165, 1.54) is 33.6 Å². The number of fused-ring (bicyclic) bond motifs is 8. The predicted molar refractivity (Wildman–Crippen MR) is 317 cm³/mol. The van der Waals surface area contributed by atoms with E-state index in [1.54, 1.807) is 49.4 Å². The average Bonchev–Trinajstić information content (AvgIpc) is 1.80. The number of methoxy groups -OCH3 is 1. The molecule has 0 radical (unpaired) electrons. The molecule has 10 rings (SSSR count). The van der Waals surface area contributed by atoms with Crippen molar-refractivity contribution < 1.29 is 98.5 Å². The topological polar surface area (TPSA) is 275 Å². The van der Waals surface area contributed by atoms with Gasteiger partial charge in [-0.25, -0.2) is 8.42 Å². The Hall–Kier alpha value is -6.22. The van der Waals surface area contributed by atoms with Crippen LogP contribution in [0.4, 0.5) is 17.1 Å². The second-order valence-electron chi connectivity index (χ2n) is 22.0. The molecule has 0 bridgehead atoms. The third-order valence-electron chi connectivity index (χ3n) is 15.8. The molecule has 5 aliphatic heterocycles. The molecule has 5 aromatic carbocycles. The molecule has 442 valence electrons. The summed E-state index contributed by atoms with van der Waals surface area (Å²) in [4.78, 5) is 83.1. The number of amides is 6. The average molecular weight is 1240 g/mol. The van der Waals surface area contributed by atoms with Crippen LogP contribution < -0.4 is 64.2 Å². The number of carbonyl (C=O) groups is 6. The number of rotatable bonds is 22. The molecule has 0 aliphatic carbocycles. The van der Waals surface area contributed by atoms with Crippen molar-refractivity contribution in [1.82, 2.24) is 10.2 Å². The Bertz CT molecular complexity index is 3750. The molecule has 0 saturated carbocycles. The van der Waals surface area contributed by atoms with Crippen LogP contribution in [0.15, 0.2) is 103 Å². The van der Waals surface area contributed by atoms with E-state index in [4.69, 9.17) is 14.2 Å². The second kappa shape index (κ2) is 26.0. The van der Waals surface area contributed by atoms with Gasteiger partial charge in [0.1, 0.15) is 19.0 Å².